The Balaban J connectivity index is 2.34. The lowest BCUT2D eigenvalue weighted by Gasteiger charge is -1.89. The van der Waals surface area contributed by atoms with E-state index in [2.05, 4.69) is 6.92 Å². The molecule has 0 amide bonds. The fourth-order valence-electron chi connectivity index (χ4n) is 0.118. The van der Waals surface area contributed by atoms with Crippen LogP contribution in [0.25, 0.3) is 0 Å². The molecule has 0 saturated heterocycles. The Morgan fingerprint density at radius 2 is 2.50 bits per heavy atom. The van der Waals surface area contributed by atoms with Crippen molar-refractivity contribution in [3.8, 4) is 0 Å². The predicted molar refractivity (Wildman–Crippen MR) is 33.5 cm³/mol. The lowest BCUT2D eigenvalue weighted by atomic mass is 11.0. The molecule has 0 bridgehead atoms. The van der Waals surface area contributed by atoms with Gasteiger partial charge >= 0.3 is 0 Å². The lowest BCUT2D eigenvalue weighted by molar-refractivity contribution is 0.485. The van der Waals surface area contributed by atoms with Crippen molar-refractivity contribution in [3.05, 3.63) is 0 Å². The van der Waals surface area contributed by atoms with Crippen LogP contribution in [0.4, 0.5) is 0 Å². The van der Waals surface area contributed by atoms with Crippen LogP contribution in [0.2, 0.25) is 0 Å². The Hall–Kier alpha value is 0.740. The molecular weight excluding hydrogens is 115 g/mol. The molecule has 0 aromatic carbocycles. The molecule has 3 heteroatoms. The third-order valence-electron chi connectivity index (χ3n) is 0.287. The Morgan fingerprint density at radius 1 is 1.83 bits per heavy atom. The van der Waals surface area contributed by atoms with Crippen LogP contribution in [-0.2, 0) is 4.52 Å². The summed E-state index contributed by atoms with van der Waals surface area (Å²) in [6.45, 7) is 2.12. The molecule has 0 aromatic rings. The van der Waals surface area contributed by atoms with E-state index in [1.165, 1.54) is 0 Å². The molecule has 0 N–H and O–H groups in total. The molecule has 1 atom stereocenters. The largest absolute Gasteiger partial charge is 0.355 e. The van der Waals surface area contributed by atoms with Gasteiger partial charge in [0, 0.05) is 7.11 Å². The maximum atomic E-state index is 4.77. The number of hydrogen-bond acceptors (Lipinski definition) is 2. The molecule has 0 spiro atoms. The van der Waals surface area contributed by atoms with Gasteiger partial charge in [0.15, 0.2) is 0 Å². The molecule has 1 unspecified atom stereocenters. The molecule has 0 aromatic heterocycles. The van der Waals surface area contributed by atoms with Gasteiger partial charge in [-0.1, -0.05) is 6.92 Å². The summed E-state index contributed by atoms with van der Waals surface area (Å²) in [6.07, 6.45) is 0. The first kappa shape index (κ1) is 6.74. The first-order valence-electron chi connectivity index (χ1n) is 1.81. The maximum Gasteiger partial charge on any atom is 0.0740 e. The molecule has 6 heavy (non-hydrogen) atoms. The van der Waals surface area contributed by atoms with Gasteiger partial charge in [0.2, 0.25) is 0 Å². The van der Waals surface area contributed by atoms with Gasteiger partial charge in [0.25, 0.3) is 0 Å². The normalized spacial score (nSPS) is 11.0. The van der Waals surface area contributed by atoms with Gasteiger partial charge in [-0.2, -0.15) is 0 Å². The molecule has 0 heterocycles. The first-order valence-corrected chi connectivity index (χ1v) is 4.43. The highest BCUT2D eigenvalue weighted by Crippen LogP contribution is 2.27. The van der Waals surface area contributed by atoms with Crippen molar-refractivity contribution in [2.24, 2.45) is 0 Å². The van der Waals surface area contributed by atoms with Gasteiger partial charge in [-0.15, -0.1) is 11.4 Å². The molecule has 0 aliphatic rings. The second-order valence-corrected chi connectivity index (χ2v) is 3.53. The SMILES string of the molecule is CCSPOC. The minimum atomic E-state index is 0.632. The summed E-state index contributed by atoms with van der Waals surface area (Å²) in [5.41, 5.74) is 0. The standard InChI is InChI=1S/C3H9OPS/c1-3-6-5-4-2/h5H,3H2,1-2H3. The Bertz CT molecular complexity index is 22.8. The average molecular weight is 124 g/mol. The molecular formula is C3H9OPS. The van der Waals surface area contributed by atoms with Crippen LogP contribution in [0, 0.1) is 0 Å². The first-order chi connectivity index (χ1) is 2.91. The third-order valence-corrected chi connectivity index (χ3v) is 2.58. The molecule has 0 rings (SSSR count). The fraction of sp³-hybridized carbons (Fsp3) is 1.00. The Kier molecular flexibility index (Phi) is 6.45. The highest BCUT2D eigenvalue weighted by molar-refractivity contribution is 8.48. The summed E-state index contributed by atoms with van der Waals surface area (Å²) in [6, 6.07) is 0. The van der Waals surface area contributed by atoms with E-state index in [4.69, 9.17) is 4.52 Å². The predicted octanol–water partition coefficient (Wildman–Crippen LogP) is 1.89. The van der Waals surface area contributed by atoms with E-state index in [1.807, 2.05) is 11.4 Å². The van der Waals surface area contributed by atoms with Crippen molar-refractivity contribution < 1.29 is 4.52 Å². The summed E-state index contributed by atoms with van der Waals surface area (Å²) >= 11 is 1.81. The van der Waals surface area contributed by atoms with Gasteiger partial charge in [-0.3, -0.25) is 0 Å². The molecule has 0 saturated carbocycles. The van der Waals surface area contributed by atoms with Crippen molar-refractivity contribution in [1.82, 2.24) is 0 Å². The molecule has 0 aliphatic heterocycles. The van der Waals surface area contributed by atoms with Crippen molar-refractivity contribution in [3.63, 3.8) is 0 Å². The van der Waals surface area contributed by atoms with Gasteiger partial charge < -0.3 is 4.52 Å². The van der Waals surface area contributed by atoms with Gasteiger partial charge in [0.05, 0.1) is 8.01 Å². The van der Waals surface area contributed by atoms with Crippen molar-refractivity contribution in [2.75, 3.05) is 12.9 Å². The van der Waals surface area contributed by atoms with Crippen molar-refractivity contribution >= 4 is 19.4 Å². The van der Waals surface area contributed by atoms with Gasteiger partial charge in [0.1, 0.15) is 0 Å². The zero-order valence-corrected chi connectivity index (χ0v) is 5.84. The Labute approximate surface area is 44.5 Å². The van der Waals surface area contributed by atoms with E-state index in [-0.39, 0.29) is 0 Å². The van der Waals surface area contributed by atoms with Gasteiger partial charge in [-0.25, -0.2) is 0 Å². The molecule has 0 radical (unpaired) electrons. The van der Waals surface area contributed by atoms with E-state index < -0.39 is 0 Å². The zero-order chi connectivity index (χ0) is 4.83. The van der Waals surface area contributed by atoms with Crippen LogP contribution in [0.3, 0.4) is 0 Å². The van der Waals surface area contributed by atoms with Crippen LogP contribution in [-0.4, -0.2) is 12.9 Å². The van der Waals surface area contributed by atoms with Crippen molar-refractivity contribution in [1.29, 1.82) is 0 Å². The van der Waals surface area contributed by atoms with Crippen molar-refractivity contribution in [2.45, 2.75) is 6.92 Å². The summed E-state index contributed by atoms with van der Waals surface area (Å²) < 4.78 is 4.77. The summed E-state index contributed by atoms with van der Waals surface area (Å²) in [7, 11) is 2.35. The highest BCUT2D eigenvalue weighted by Gasteiger charge is 1.74. The third kappa shape index (κ3) is 4.74. The minimum absolute atomic E-state index is 0.632. The smallest absolute Gasteiger partial charge is 0.0740 e. The summed E-state index contributed by atoms with van der Waals surface area (Å²) in [5, 5.41) is 0. The fourth-order valence-corrected chi connectivity index (χ4v) is 1.06. The molecule has 0 aliphatic carbocycles. The van der Waals surface area contributed by atoms with E-state index in [0.717, 1.165) is 5.75 Å². The van der Waals surface area contributed by atoms with Crippen LogP contribution in [0.1, 0.15) is 6.92 Å². The molecule has 1 nitrogen and oxygen atoms in total. The average Bonchev–Trinajstić information content (AvgIpc) is 1.61. The van der Waals surface area contributed by atoms with E-state index in [9.17, 15) is 0 Å². The minimum Gasteiger partial charge on any atom is -0.355 e. The van der Waals surface area contributed by atoms with Gasteiger partial charge in [-0.05, 0) is 5.75 Å². The van der Waals surface area contributed by atoms with E-state index >= 15 is 0 Å². The number of hydrogen-bond donors (Lipinski definition) is 0. The zero-order valence-electron chi connectivity index (χ0n) is 4.02. The lowest BCUT2D eigenvalue weighted by Crippen LogP contribution is -1.56. The quantitative estimate of drug-likeness (QED) is 0.419. The van der Waals surface area contributed by atoms with Crippen LogP contribution >= 0.6 is 19.4 Å². The topological polar surface area (TPSA) is 9.23 Å². The van der Waals surface area contributed by atoms with Crippen LogP contribution in [0.5, 0.6) is 0 Å². The second-order valence-electron chi connectivity index (χ2n) is 0.720. The van der Waals surface area contributed by atoms with E-state index in [0.29, 0.717) is 8.01 Å². The van der Waals surface area contributed by atoms with Crippen LogP contribution in [0.15, 0.2) is 0 Å². The van der Waals surface area contributed by atoms with Crippen LogP contribution < -0.4 is 0 Å². The summed E-state index contributed by atoms with van der Waals surface area (Å²) in [4.78, 5) is 0. The monoisotopic (exact) mass is 124 g/mol. The Morgan fingerprint density at radius 3 is 2.67 bits per heavy atom. The molecule has 0 fully saturated rings. The maximum absolute atomic E-state index is 4.77. The summed E-state index contributed by atoms with van der Waals surface area (Å²) in [5.74, 6) is 1.16. The highest BCUT2D eigenvalue weighted by atomic mass is 32.7. The second kappa shape index (κ2) is 5.74. The molecule has 38 valence electrons. The number of rotatable bonds is 3. The van der Waals surface area contributed by atoms with E-state index in [1.54, 1.807) is 7.11 Å².